The summed E-state index contributed by atoms with van der Waals surface area (Å²) in [6.07, 6.45) is 3.28. The smallest absolute Gasteiger partial charge is 0.323 e. The molecule has 1 saturated carbocycles. The maximum Gasteiger partial charge on any atom is 0.323 e. The first kappa shape index (κ1) is 12.9. The van der Waals surface area contributed by atoms with Crippen LogP contribution in [0.3, 0.4) is 0 Å². The first-order chi connectivity index (χ1) is 8.71. The summed E-state index contributed by atoms with van der Waals surface area (Å²) in [7, 11) is 1.79. The Morgan fingerprint density at radius 1 is 1.22 bits per heavy atom. The van der Waals surface area contributed by atoms with E-state index in [1.165, 1.54) is 12.8 Å². The van der Waals surface area contributed by atoms with E-state index in [4.69, 9.17) is 4.74 Å². The van der Waals surface area contributed by atoms with Gasteiger partial charge in [0.05, 0.1) is 6.61 Å². The molecule has 1 aliphatic carbocycles. The van der Waals surface area contributed by atoms with Crippen molar-refractivity contribution in [3.63, 3.8) is 0 Å². The second-order valence-electron chi connectivity index (χ2n) is 4.78. The first-order valence-corrected chi connectivity index (χ1v) is 6.54. The Hall–Kier alpha value is -1.59. The van der Waals surface area contributed by atoms with Gasteiger partial charge in [-0.1, -0.05) is 13.8 Å². The molecule has 1 fully saturated rings. The average molecular weight is 251 g/mol. The van der Waals surface area contributed by atoms with Gasteiger partial charge in [-0.15, -0.1) is 0 Å². The molecule has 0 radical (unpaired) electrons. The summed E-state index contributed by atoms with van der Waals surface area (Å²) in [4.78, 5) is 12.7. The Balaban J connectivity index is 2.03. The highest BCUT2D eigenvalue weighted by Gasteiger charge is 2.26. The van der Waals surface area contributed by atoms with Crippen molar-refractivity contribution < 1.29 is 4.74 Å². The lowest BCUT2D eigenvalue weighted by Gasteiger charge is -2.33. The number of aromatic nitrogens is 3. The monoisotopic (exact) mass is 251 g/mol. The molecule has 0 saturated heterocycles. The molecular weight excluding hydrogens is 230 g/mol. The van der Waals surface area contributed by atoms with Crippen LogP contribution in [0, 0.1) is 5.92 Å². The Labute approximate surface area is 108 Å². The minimum atomic E-state index is 0.381. The third kappa shape index (κ3) is 3.21. The molecule has 1 aromatic rings. The van der Waals surface area contributed by atoms with Crippen LogP contribution in [-0.2, 0) is 0 Å². The molecule has 1 heterocycles. The van der Waals surface area contributed by atoms with Gasteiger partial charge in [0, 0.05) is 13.1 Å². The molecule has 0 spiro atoms. The van der Waals surface area contributed by atoms with Crippen LogP contribution in [0.15, 0.2) is 0 Å². The van der Waals surface area contributed by atoms with E-state index in [-0.39, 0.29) is 0 Å². The van der Waals surface area contributed by atoms with Crippen LogP contribution in [0.5, 0.6) is 6.01 Å². The summed E-state index contributed by atoms with van der Waals surface area (Å²) >= 11 is 0. The largest absolute Gasteiger partial charge is 0.463 e. The summed E-state index contributed by atoms with van der Waals surface area (Å²) < 4.78 is 5.45. The number of hydrogen-bond donors (Lipinski definition) is 2. The van der Waals surface area contributed by atoms with Gasteiger partial charge in [-0.3, -0.25) is 0 Å². The molecular formula is C12H21N5O. The van der Waals surface area contributed by atoms with Gasteiger partial charge in [0.2, 0.25) is 11.9 Å². The normalized spacial score (nSPS) is 22.2. The van der Waals surface area contributed by atoms with Crippen molar-refractivity contribution in [2.75, 3.05) is 24.3 Å². The number of ether oxygens (including phenoxy) is 1. The van der Waals surface area contributed by atoms with Gasteiger partial charge in [-0.2, -0.15) is 15.0 Å². The van der Waals surface area contributed by atoms with E-state index >= 15 is 0 Å². The SMILES string of the molecule is CCCOc1nc(NC)nc(NC2CC(C)C2)n1. The molecule has 1 aromatic heterocycles. The van der Waals surface area contributed by atoms with Crippen LogP contribution in [0.25, 0.3) is 0 Å². The van der Waals surface area contributed by atoms with Crippen LogP contribution in [0.2, 0.25) is 0 Å². The zero-order valence-corrected chi connectivity index (χ0v) is 11.2. The van der Waals surface area contributed by atoms with Crippen molar-refractivity contribution in [2.45, 2.75) is 39.2 Å². The average Bonchev–Trinajstić information content (AvgIpc) is 2.34. The quantitative estimate of drug-likeness (QED) is 0.804. The van der Waals surface area contributed by atoms with Crippen LogP contribution in [0.4, 0.5) is 11.9 Å². The number of nitrogens with zero attached hydrogens (tertiary/aromatic N) is 3. The van der Waals surface area contributed by atoms with E-state index < -0.39 is 0 Å². The molecule has 0 atom stereocenters. The minimum absolute atomic E-state index is 0.381. The van der Waals surface area contributed by atoms with E-state index in [1.54, 1.807) is 7.05 Å². The lowest BCUT2D eigenvalue weighted by atomic mass is 9.82. The van der Waals surface area contributed by atoms with E-state index in [0.717, 1.165) is 12.3 Å². The second kappa shape index (κ2) is 5.84. The molecule has 100 valence electrons. The maximum atomic E-state index is 5.45. The van der Waals surface area contributed by atoms with Crippen LogP contribution < -0.4 is 15.4 Å². The Kier molecular flexibility index (Phi) is 4.17. The predicted molar refractivity (Wildman–Crippen MR) is 71.0 cm³/mol. The molecule has 2 rings (SSSR count). The molecule has 18 heavy (non-hydrogen) atoms. The van der Waals surface area contributed by atoms with Crippen molar-refractivity contribution in [1.82, 2.24) is 15.0 Å². The van der Waals surface area contributed by atoms with Crippen molar-refractivity contribution in [3.05, 3.63) is 0 Å². The number of nitrogens with one attached hydrogen (secondary N) is 2. The minimum Gasteiger partial charge on any atom is -0.463 e. The standard InChI is InChI=1S/C12H21N5O/c1-4-5-18-12-16-10(13-3)15-11(17-12)14-9-6-8(2)7-9/h8-9H,4-7H2,1-3H3,(H2,13,14,15,16,17). The summed E-state index contributed by atoms with van der Waals surface area (Å²) in [5.41, 5.74) is 0. The fourth-order valence-electron chi connectivity index (χ4n) is 1.99. The summed E-state index contributed by atoms with van der Waals surface area (Å²) in [6, 6.07) is 0.859. The van der Waals surface area contributed by atoms with Gasteiger partial charge >= 0.3 is 6.01 Å². The number of anilines is 2. The molecule has 0 aromatic carbocycles. The van der Waals surface area contributed by atoms with Crippen molar-refractivity contribution >= 4 is 11.9 Å². The van der Waals surface area contributed by atoms with Gasteiger partial charge < -0.3 is 15.4 Å². The highest BCUT2D eigenvalue weighted by Crippen LogP contribution is 2.28. The maximum absolute atomic E-state index is 5.45. The lowest BCUT2D eigenvalue weighted by Crippen LogP contribution is -2.34. The lowest BCUT2D eigenvalue weighted by molar-refractivity contribution is 0.290. The number of hydrogen-bond acceptors (Lipinski definition) is 6. The van der Waals surface area contributed by atoms with E-state index in [0.29, 0.717) is 30.6 Å². The van der Waals surface area contributed by atoms with Crippen molar-refractivity contribution in [1.29, 1.82) is 0 Å². The highest BCUT2D eigenvalue weighted by molar-refractivity contribution is 5.36. The van der Waals surface area contributed by atoms with Gasteiger partial charge in [0.15, 0.2) is 0 Å². The van der Waals surface area contributed by atoms with Gasteiger partial charge in [-0.25, -0.2) is 0 Å². The van der Waals surface area contributed by atoms with E-state index in [9.17, 15) is 0 Å². The van der Waals surface area contributed by atoms with Gasteiger partial charge in [-0.05, 0) is 25.2 Å². The van der Waals surface area contributed by atoms with Crippen LogP contribution in [-0.4, -0.2) is 34.6 Å². The second-order valence-corrected chi connectivity index (χ2v) is 4.78. The molecule has 6 nitrogen and oxygen atoms in total. The molecule has 0 bridgehead atoms. The Morgan fingerprint density at radius 3 is 2.56 bits per heavy atom. The Morgan fingerprint density at radius 2 is 1.94 bits per heavy atom. The van der Waals surface area contributed by atoms with Crippen molar-refractivity contribution in [3.8, 4) is 6.01 Å². The van der Waals surface area contributed by atoms with Gasteiger partial charge in [0.1, 0.15) is 0 Å². The molecule has 2 N–H and O–H groups in total. The molecule has 0 amide bonds. The molecule has 0 aliphatic heterocycles. The third-order valence-electron chi connectivity index (χ3n) is 2.98. The molecule has 1 aliphatic rings. The molecule has 6 heteroatoms. The van der Waals surface area contributed by atoms with Crippen LogP contribution in [0.1, 0.15) is 33.1 Å². The molecule has 0 unspecified atom stereocenters. The predicted octanol–water partition coefficient (Wildman–Crippen LogP) is 1.91. The van der Waals surface area contributed by atoms with Gasteiger partial charge in [0.25, 0.3) is 0 Å². The third-order valence-corrected chi connectivity index (χ3v) is 2.98. The highest BCUT2D eigenvalue weighted by atomic mass is 16.5. The summed E-state index contributed by atoms with van der Waals surface area (Å²) in [5.74, 6) is 1.92. The zero-order chi connectivity index (χ0) is 13.0. The summed E-state index contributed by atoms with van der Waals surface area (Å²) in [6.45, 7) is 4.92. The fraction of sp³-hybridized carbons (Fsp3) is 0.750. The first-order valence-electron chi connectivity index (χ1n) is 6.54. The summed E-state index contributed by atoms with van der Waals surface area (Å²) in [5, 5.41) is 6.24. The zero-order valence-electron chi connectivity index (χ0n) is 11.2. The van der Waals surface area contributed by atoms with E-state index in [2.05, 4.69) is 39.4 Å². The Bertz CT molecular complexity index is 392. The fourth-order valence-corrected chi connectivity index (χ4v) is 1.99. The van der Waals surface area contributed by atoms with Crippen LogP contribution >= 0.6 is 0 Å². The van der Waals surface area contributed by atoms with Crippen molar-refractivity contribution in [2.24, 2.45) is 5.92 Å². The van der Waals surface area contributed by atoms with E-state index in [1.807, 2.05) is 0 Å². The number of rotatable bonds is 6. The topological polar surface area (TPSA) is 72.0 Å².